The number of rotatable bonds is 10. The SMILES string of the molecule is C=C1N(CCP(=O)(O)OCCCCC(=O)O)c2ccc(S(=O)(=O)O)cc2C1(C)C. The van der Waals surface area contributed by atoms with Crippen molar-refractivity contribution < 1.29 is 36.9 Å². The molecule has 0 saturated heterocycles. The van der Waals surface area contributed by atoms with Crippen LogP contribution in [0.1, 0.15) is 38.7 Å². The molecule has 0 aliphatic carbocycles. The van der Waals surface area contributed by atoms with Crippen LogP contribution in [-0.2, 0) is 29.4 Å². The van der Waals surface area contributed by atoms with E-state index in [0.717, 1.165) is 0 Å². The van der Waals surface area contributed by atoms with E-state index in [2.05, 4.69) is 6.58 Å². The molecule has 1 atom stereocenters. The van der Waals surface area contributed by atoms with Crippen molar-refractivity contribution >= 4 is 29.4 Å². The fourth-order valence-electron chi connectivity index (χ4n) is 3.18. The first kappa shape index (κ1) is 23.6. The maximum atomic E-state index is 12.3. The van der Waals surface area contributed by atoms with Crippen LogP contribution in [0.2, 0.25) is 0 Å². The number of allylic oxidation sites excluding steroid dienone is 1. The average molecular weight is 447 g/mol. The van der Waals surface area contributed by atoms with Crippen molar-refractivity contribution in [2.24, 2.45) is 0 Å². The number of hydrogen-bond donors (Lipinski definition) is 3. The third-order valence-electron chi connectivity index (χ3n) is 4.96. The molecule has 1 aromatic carbocycles. The van der Waals surface area contributed by atoms with Crippen molar-refractivity contribution in [2.75, 3.05) is 24.2 Å². The molecule has 0 saturated carbocycles. The molecule has 1 aliphatic rings. The molecular formula is C18H26NO8PS. The minimum atomic E-state index is -4.36. The smallest absolute Gasteiger partial charge is 0.329 e. The molecule has 2 rings (SSSR count). The van der Waals surface area contributed by atoms with Crippen LogP contribution in [0.4, 0.5) is 5.69 Å². The minimum absolute atomic E-state index is 0.0121. The molecule has 3 N–H and O–H groups in total. The Bertz CT molecular complexity index is 957. The zero-order chi connectivity index (χ0) is 22.0. The highest BCUT2D eigenvalue weighted by Crippen LogP contribution is 2.49. The van der Waals surface area contributed by atoms with Gasteiger partial charge in [0.25, 0.3) is 10.1 Å². The quantitative estimate of drug-likeness (QED) is 0.280. The number of nitrogens with zero attached hydrogens (tertiary/aromatic N) is 1. The van der Waals surface area contributed by atoms with Crippen LogP contribution >= 0.6 is 7.60 Å². The lowest BCUT2D eigenvalue weighted by atomic mass is 9.84. The third-order valence-corrected chi connectivity index (χ3v) is 7.16. The van der Waals surface area contributed by atoms with E-state index >= 15 is 0 Å². The summed E-state index contributed by atoms with van der Waals surface area (Å²) in [5.41, 5.74) is 1.28. The van der Waals surface area contributed by atoms with Crippen LogP contribution in [-0.4, -0.2) is 48.3 Å². The number of aliphatic carboxylic acids is 1. The summed E-state index contributed by atoms with van der Waals surface area (Å²) in [6.45, 7) is 7.85. The number of hydrogen-bond acceptors (Lipinski definition) is 6. The topological polar surface area (TPSA) is 141 Å². The standard InChI is InChI=1S/C18H26NO8PS/c1-13-18(2,3)15-12-14(29(24,25)26)7-8-16(15)19(13)9-11-28(22,23)27-10-5-4-6-17(20)21/h7-8,12H,1,4-6,9-11H2,2-3H3,(H,20,21)(H,22,23)(H,24,25,26). The summed E-state index contributed by atoms with van der Waals surface area (Å²) in [7, 11) is -8.25. The molecule has 29 heavy (non-hydrogen) atoms. The van der Waals surface area contributed by atoms with Crippen LogP contribution < -0.4 is 4.90 Å². The predicted octanol–water partition coefficient (Wildman–Crippen LogP) is 3.00. The van der Waals surface area contributed by atoms with E-state index in [1.165, 1.54) is 18.2 Å². The van der Waals surface area contributed by atoms with E-state index in [-0.39, 0.29) is 30.6 Å². The molecule has 0 fully saturated rings. The van der Waals surface area contributed by atoms with E-state index in [1.54, 1.807) is 4.90 Å². The number of benzene rings is 1. The largest absolute Gasteiger partial charge is 0.481 e. The summed E-state index contributed by atoms with van der Waals surface area (Å²) in [5.74, 6) is -0.928. The Morgan fingerprint density at radius 3 is 2.55 bits per heavy atom. The fraction of sp³-hybridized carbons (Fsp3) is 0.500. The summed E-state index contributed by atoms with van der Waals surface area (Å²) in [6.07, 6.45) is 0.516. The van der Waals surface area contributed by atoms with E-state index in [4.69, 9.17) is 9.63 Å². The Morgan fingerprint density at radius 2 is 1.97 bits per heavy atom. The van der Waals surface area contributed by atoms with Gasteiger partial charge in [-0.05, 0) is 36.6 Å². The van der Waals surface area contributed by atoms with Gasteiger partial charge in [-0.2, -0.15) is 8.42 Å². The molecule has 9 nitrogen and oxygen atoms in total. The Labute approximate surface area is 170 Å². The second-order valence-corrected chi connectivity index (χ2v) is 10.8. The van der Waals surface area contributed by atoms with Crippen LogP contribution in [0.3, 0.4) is 0 Å². The van der Waals surface area contributed by atoms with Crippen molar-refractivity contribution in [3.63, 3.8) is 0 Å². The molecule has 0 radical (unpaired) electrons. The lowest BCUT2D eigenvalue weighted by Gasteiger charge is -2.26. The summed E-state index contributed by atoms with van der Waals surface area (Å²) in [4.78, 5) is 22.0. The molecule has 1 aliphatic heterocycles. The Kier molecular flexibility index (Phi) is 6.97. The summed E-state index contributed by atoms with van der Waals surface area (Å²) < 4.78 is 49.5. The van der Waals surface area contributed by atoms with Crippen LogP contribution in [0.15, 0.2) is 35.4 Å². The van der Waals surface area contributed by atoms with Crippen LogP contribution in [0.5, 0.6) is 0 Å². The number of carboxylic acids is 1. The van der Waals surface area contributed by atoms with Gasteiger partial charge in [-0.1, -0.05) is 20.4 Å². The van der Waals surface area contributed by atoms with Gasteiger partial charge >= 0.3 is 13.6 Å². The summed E-state index contributed by atoms with van der Waals surface area (Å²) in [5, 5.41) is 8.58. The van der Waals surface area contributed by atoms with Crippen molar-refractivity contribution in [3.05, 3.63) is 36.0 Å². The maximum Gasteiger partial charge on any atom is 0.329 e. The molecule has 11 heteroatoms. The van der Waals surface area contributed by atoms with Gasteiger partial charge in [0.2, 0.25) is 0 Å². The molecule has 1 aromatic rings. The second kappa shape index (κ2) is 8.57. The molecule has 0 amide bonds. The Hall–Kier alpha value is -1.71. The molecule has 0 bridgehead atoms. The Morgan fingerprint density at radius 1 is 1.31 bits per heavy atom. The molecule has 0 aromatic heterocycles. The highest BCUT2D eigenvalue weighted by Gasteiger charge is 2.40. The van der Waals surface area contributed by atoms with Gasteiger partial charge in [-0.3, -0.25) is 13.9 Å². The first-order valence-corrected chi connectivity index (χ1v) is 12.2. The maximum absolute atomic E-state index is 12.3. The van der Waals surface area contributed by atoms with Crippen molar-refractivity contribution in [1.29, 1.82) is 0 Å². The van der Waals surface area contributed by atoms with E-state index in [0.29, 0.717) is 29.8 Å². The highest BCUT2D eigenvalue weighted by atomic mass is 32.2. The number of anilines is 1. The van der Waals surface area contributed by atoms with E-state index in [9.17, 15) is 27.2 Å². The zero-order valence-electron chi connectivity index (χ0n) is 16.4. The Balaban J connectivity index is 2.08. The first-order valence-electron chi connectivity index (χ1n) is 9.03. The van der Waals surface area contributed by atoms with Crippen molar-refractivity contribution in [3.8, 4) is 0 Å². The number of fused-ring (bicyclic) bond motifs is 1. The predicted molar refractivity (Wildman–Crippen MR) is 108 cm³/mol. The lowest BCUT2D eigenvalue weighted by molar-refractivity contribution is -0.137. The van der Waals surface area contributed by atoms with Gasteiger partial charge in [0.15, 0.2) is 0 Å². The summed E-state index contributed by atoms with van der Waals surface area (Å²) in [6, 6.07) is 4.19. The van der Waals surface area contributed by atoms with Gasteiger partial charge in [-0.25, -0.2) is 0 Å². The number of unbranched alkanes of at least 4 members (excludes halogenated alkanes) is 1. The normalized spacial score (nSPS) is 17.8. The van der Waals surface area contributed by atoms with Gasteiger partial charge in [0.05, 0.1) is 17.7 Å². The van der Waals surface area contributed by atoms with Crippen molar-refractivity contribution in [2.45, 2.75) is 43.4 Å². The van der Waals surface area contributed by atoms with Gasteiger partial charge in [0.1, 0.15) is 0 Å². The molecule has 0 spiro atoms. The second-order valence-electron chi connectivity index (χ2n) is 7.42. The fourth-order valence-corrected chi connectivity index (χ4v) is 4.68. The van der Waals surface area contributed by atoms with Crippen molar-refractivity contribution in [1.82, 2.24) is 0 Å². The molecule has 1 unspecified atom stereocenters. The summed E-state index contributed by atoms with van der Waals surface area (Å²) >= 11 is 0. The lowest BCUT2D eigenvalue weighted by Crippen LogP contribution is -2.27. The number of carbonyl (C=O) groups is 1. The van der Waals surface area contributed by atoms with E-state index < -0.39 is 29.1 Å². The zero-order valence-corrected chi connectivity index (χ0v) is 18.1. The number of carboxylic acid groups (broad SMARTS) is 1. The monoisotopic (exact) mass is 447 g/mol. The molecule has 162 valence electrons. The van der Waals surface area contributed by atoms with E-state index in [1.807, 2.05) is 13.8 Å². The third kappa shape index (κ3) is 5.67. The first-order chi connectivity index (χ1) is 13.3. The van der Waals surface area contributed by atoms with Crippen LogP contribution in [0.25, 0.3) is 0 Å². The molecular weight excluding hydrogens is 421 g/mol. The van der Waals surface area contributed by atoms with Gasteiger partial charge in [0, 0.05) is 29.8 Å². The average Bonchev–Trinajstić information content (AvgIpc) is 2.78. The highest BCUT2D eigenvalue weighted by molar-refractivity contribution is 7.85. The van der Waals surface area contributed by atoms with Crippen LogP contribution in [0, 0.1) is 0 Å². The van der Waals surface area contributed by atoms with Gasteiger partial charge < -0.3 is 19.4 Å². The minimum Gasteiger partial charge on any atom is -0.481 e. The van der Waals surface area contributed by atoms with Gasteiger partial charge in [-0.15, -0.1) is 0 Å². The molecule has 1 heterocycles.